The molecule has 1 aromatic rings. The summed E-state index contributed by atoms with van der Waals surface area (Å²) in [4.78, 5) is 0. The Labute approximate surface area is 90.5 Å². The van der Waals surface area contributed by atoms with Crippen molar-refractivity contribution in [3.8, 4) is 5.75 Å². The minimum Gasteiger partial charge on any atom is -0.490 e. The molecule has 2 nitrogen and oxygen atoms in total. The zero-order chi connectivity index (χ0) is 10.7. The maximum Gasteiger partial charge on any atom is 0.122 e. The third kappa shape index (κ3) is 2.60. The number of hydrogen-bond donors (Lipinski definition) is 0. The van der Waals surface area contributed by atoms with Crippen LogP contribution in [0.25, 0.3) is 0 Å². The van der Waals surface area contributed by atoms with E-state index in [1.54, 1.807) is 0 Å². The standard InChI is InChI=1S/C13H16O2/c1-3-6-11-7-4-5-8-12(11)14-9-13-10(2)15-13/h3-5,7-8,10,13H,1,6,9H2,2H3. The average molecular weight is 204 g/mol. The molecule has 0 amide bonds. The molecule has 0 N–H and O–H groups in total. The van der Waals surface area contributed by atoms with Crippen LogP contribution in [0, 0.1) is 0 Å². The van der Waals surface area contributed by atoms with Crippen LogP contribution in [0.3, 0.4) is 0 Å². The van der Waals surface area contributed by atoms with E-state index in [1.165, 1.54) is 5.56 Å². The van der Waals surface area contributed by atoms with Gasteiger partial charge in [0.05, 0.1) is 6.10 Å². The first-order chi connectivity index (χ1) is 7.31. The molecule has 2 rings (SSSR count). The normalized spacial score (nSPS) is 23.5. The smallest absolute Gasteiger partial charge is 0.122 e. The van der Waals surface area contributed by atoms with Gasteiger partial charge in [-0.3, -0.25) is 0 Å². The van der Waals surface area contributed by atoms with Crippen molar-refractivity contribution in [1.29, 1.82) is 0 Å². The van der Waals surface area contributed by atoms with Gasteiger partial charge in [0.2, 0.25) is 0 Å². The summed E-state index contributed by atoms with van der Waals surface area (Å²) >= 11 is 0. The molecule has 1 fully saturated rings. The highest BCUT2D eigenvalue weighted by Crippen LogP contribution is 2.24. The van der Waals surface area contributed by atoms with E-state index >= 15 is 0 Å². The van der Waals surface area contributed by atoms with E-state index in [1.807, 2.05) is 24.3 Å². The summed E-state index contributed by atoms with van der Waals surface area (Å²) in [7, 11) is 0. The monoisotopic (exact) mass is 204 g/mol. The lowest BCUT2D eigenvalue weighted by Crippen LogP contribution is -2.07. The van der Waals surface area contributed by atoms with Gasteiger partial charge in [-0.15, -0.1) is 6.58 Å². The lowest BCUT2D eigenvalue weighted by Gasteiger charge is -2.08. The maximum atomic E-state index is 5.71. The largest absolute Gasteiger partial charge is 0.490 e. The van der Waals surface area contributed by atoms with Crippen molar-refractivity contribution >= 4 is 0 Å². The molecule has 15 heavy (non-hydrogen) atoms. The van der Waals surface area contributed by atoms with Crippen LogP contribution in [0.15, 0.2) is 36.9 Å². The Morgan fingerprint density at radius 3 is 2.87 bits per heavy atom. The van der Waals surface area contributed by atoms with E-state index in [4.69, 9.17) is 9.47 Å². The first-order valence-corrected chi connectivity index (χ1v) is 5.28. The van der Waals surface area contributed by atoms with Gasteiger partial charge in [0.1, 0.15) is 18.5 Å². The molecule has 0 spiro atoms. The Morgan fingerprint density at radius 2 is 2.20 bits per heavy atom. The topological polar surface area (TPSA) is 21.8 Å². The highest BCUT2D eigenvalue weighted by molar-refractivity contribution is 5.34. The van der Waals surface area contributed by atoms with E-state index < -0.39 is 0 Å². The highest BCUT2D eigenvalue weighted by atomic mass is 16.6. The third-order valence-corrected chi connectivity index (χ3v) is 2.58. The summed E-state index contributed by atoms with van der Waals surface area (Å²) < 4.78 is 11.0. The second kappa shape index (κ2) is 4.49. The molecule has 2 atom stereocenters. The molecular weight excluding hydrogens is 188 g/mol. The fourth-order valence-electron chi connectivity index (χ4n) is 1.55. The highest BCUT2D eigenvalue weighted by Gasteiger charge is 2.34. The van der Waals surface area contributed by atoms with E-state index in [9.17, 15) is 0 Å². The fourth-order valence-corrected chi connectivity index (χ4v) is 1.55. The summed E-state index contributed by atoms with van der Waals surface area (Å²) in [5.41, 5.74) is 1.18. The number of rotatable bonds is 5. The zero-order valence-electron chi connectivity index (χ0n) is 8.98. The molecule has 1 aromatic carbocycles. The van der Waals surface area contributed by atoms with E-state index in [2.05, 4.69) is 19.6 Å². The Kier molecular flexibility index (Phi) is 3.07. The van der Waals surface area contributed by atoms with Gasteiger partial charge in [-0.25, -0.2) is 0 Å². The minimum atomic E-state index is 0.279. The van der Waals surface area contributed by atoms with Gasteiger partial charge in [0.15, 0.2) is 0 Å². The van der Waals surface area contributed by atoms with Crippen molar-refractivity contribution in [2.45, 2.75) is 25.6 Å². The molecule has 0 bridgehead atoms. The van der Waals surface area contributed by atoms with Crippen molar-refractivity contribution in [2.75, 3.05) is 6.61 Å². The van der Waals surface area contributed by atoms with Crippen LogP contribution in [0.5, 0.6) is 5.75 Å². The molecule has 0 aliphatic carbocycles. The van der Waals surface area contributed by atoms with Gasteiger partial charge in [-0.1, -0.05) is 24.3 Å². The lowest BCUT2D eigenvalue weighted by atomic mass is 10.1. The van der Waals surface area contributed by atoms with E-state index in [0.717, 1.165) is 12.2 Å². The Morgan fingerprint density at radius 1 is 1.47 bits per heavy atom. The number of ether oxygens (including phenoxy) is 2. The molecule has 2 heteroatoms. The van der Waals surface area contributed by atoms with Gasteiger partial charge < -0.3 is 9.47 Å². The van der Waals surface area contributed by atoms with Gasteiger partial charge in [0, 0.05) is 0 Å². The number of epoxide rings is 1. The second-order valence-corrected chi connectivity index (χ2v) is 3.79. The zero-order valence-corrected chi connectivity index (χ0v) is 8.98. The quantitative estimate of drug-likeness (QED) is 0.543. The molecule has 0 radical (unpaired) electrons. The van der Waals surface area contributed by atoms with Crippen molar-refractivity contribution in [3.05, 3.63) is 42.5 Å². The van der Waals surface area contributed by atoms with Crippen LogP contribution in [0.4, 0.5) is 0 Å². The maximum absolute atomic E-state index is 5.71. The van der Waals surface area contributed by atoms with Crippen molar-refractivity contribution in [1.82, 2.24) is 0 Å². The predicted molar refractivity (Wildman–Crippen MR) is 60.2 cm³/mol. The Bertz CT molecular complexity index is 346. The van der Waals surface area contributed by atoms with Gasteiger partial charge in [0.25, 0.3) is 0 Å². The molecule has 2 unspecified atom stereocenters. The number of allylic oxidation sites excluding steroid dienone is 1. The van der Waals surface area contributed by atoms with Gasteiger partial charge in [-0.2, -0.15) is 0 Å². The SMILES string of the molecule is C=CCc1ccccc1OCC1OC1C. The predicted octanol–water partition coefficient (Wildman–Crippen LogP) is 2.58. The molecule has 1 aliphatic rings. The summed E-state index contributed by atoms with van der Waals surface area (Å²) in [6.45, 7) is 6.44. The Balaban J connectivity index is 1.96. The average Bonchev–Trinajstić information content (AvgIpc) is 2.94. The third-order valence-electron chi connectivity index (χ3n) is 2.58. The molecule has 1 aliphatic heterocycles. The molecule has 1 heterocycles. The second-order valence-electron chi connectivity index (χ2n) is 3.79. The Hall–Kier alpha value is -1.28. The van der Waals surface area contributed by atoms with Gasteiger partial charge in [-0.05, 0) is 25.0 Å². The van der Waals surface area contributed by atoms with Crippen LogP contribution in [-0.2, 0) is 11.2 Å². The minimum absolute atomic E-state index is 0.279. The van der Waals surface area contributed by atoms with Crippen LogP contribution in [0.1, 0.15) is 12.5 Å². The lowest BCUT2D eigenvalue weighted by molar-refractivity contribution is 0.259. The summed E-state index contributed by atoms with van der Waals surface area (Å²) in [6, 6.07) is 8.06. The van der Waals surface area contributed by atoms with Crippen molar-refractivity contribution in [3.63, 3.8) is 0 Å². The van der Waals surface area contributed by atoms with E-state index in [-0.39, 0.29) is 6.10 Å². The van der Waals surface area contributed by atoms with Crippen LogP contribution in [0.2, 0.25) is 0 Å². The van der Waals surface area contributed by atoms with Crippen molar-refractivity contribution in [2.24, 2.45) is 0 Å². The summed E-state index contributed by atoms with van der Waals surface area (Å²) in [5.74, 6) is 0.945. The number of hydrogen-bond acceptors (Lipinski definition) is 2. The number of benzene rings is 1. The van der Waals surface area contributed by atoms with Crippen LogP contribution < -0.4 is 4.74 Å². The molecule has 80 valence electrons. The fraction of sp³-hybridized carbons (Fsp3) is 0.385. The molecule has 1 saturated heterocycles. The van der Waals surface area contributed by atoms with E-state index in [0.29, 0.717) is 12.7 Å². The van der Waals surface area contributed by atoms with Gasteiger partial charge >= 0.3 is 0 Å². The molecule has 0 saturated carbocycles. The van der Waals surface area contributed by atoms with Crippen LogP contribution >= 0.6 is 0 Å². The molecular formula is C13H16O2. The number of para-hydroxylation sites is 1. The molecule has 0 aromatic heterocycles. The summed E-state index contributed by atoms with van der Waals surface area (Å²) in [5, 5.41) is 0. The van der Waals surface area contributed by atoms with Crippen molar-refractivity contribution < 1.29 is 9.47 Å². The first-order valence-electron chi connectivity index (χ1n) is 5.28. The van der Waals surface area contributed by atoms with Crippen LogP contribution in [-0.4, -0.2) is 18.8 Å². The first kappa shape index (κ1) is 10.2. The summed E-state index contributed by atoms with van der Waals surface area (Å²) in [6.07, 6.45) is 3.37.